The van der Waals surface area contributed by atoms with Gasteiger partial charge in [0.1, 0.15) is 0 Å². The Morgan fingerprint density at radius 2 is 0.787 bits per heavy atom. The van der Waals surface area contributed by atoms with Crippen molar-refractivity contribution in [3.63, 3.8) is 0 Å². The Morgan fingerprint density at radius 1 is 0.300 bits per heavy atom. The molecule has 0 bridgehead atoms. The largest absolute Gasteiger partial charge is 0.0622 e. The zero-order valence-electron chi connectivity index (χ0n) is 46.7. The first-order valence-electron chi connectivity index (χ1n) is 28.9. The molecule has 0 spiro atoms. The molecule has 80 heavy (non-hydrogen) atoms. The molecule has 0 N–H and O–H groups in total. The summed E-state index contributed by atoms with van der Waals surface area (Å²) in [6.45, 7) is 17.2. The molecule has 382 valence electrons. The molecule has 0 heterocycles. The van der Waals surface area contributed by atoms with Crippen LogP contribution in [0.4, 0.5) is 0 Å². The highest BCUT2D eigenvalue weighted by Gasteiger charge is 2.46. The Hall–Kier alpha value is -8.84. The molecule has 0 aliphatic heterocycles. The summed E-state index contributed by atoms with van der Waals surface area (Å²) in [5, 5.41) is 5.20. The quantitative estimate of drug-likeness (QED) is 0.151. The Bertz CT molecular complexity index is 4580. The fourth-order valence-electron chi connectivity index (χ4n) is 15.5. The van der Waals surface area contributed by atoms with E-state index in [0.717, 1.165) is 6.42 Å². The zero-order valence-corrected chi connectivity index (χ0v) is 46.7. The first kappa shape index (κ1) is 47.2. The van der Waals surface area contributed by atoms with Gasteiger partial charge in [-0.25, -0.2) is 0 Å². The fraction of sp³-hybridized carbons (Fsp3) is 0.150. The highest BCUT2D eigenvalue weighted by Crippen LogP contribution is 2.62. The molecule has 0 saturated carbocycles. The third-order valence-electron chi connectivity index (χ3n) is 19.7. The average Bonchev–Trinajstić information content (AvgIpc) is 3.41. The van der Waals surface area contributed by atoms with Crippen molar-refractivity contribution in [1.82, 2.24) is 0 Å². The molecule has 1 unspecified atom stereocenters. The molecule has 0 aromatic heterocycles. The molecule has 0 saturated heterocycles. The standard InChI is InChI=1S/C80H62/c1-47-34-54(63-38-50-26-14-16-28-57(50)59-30-18-20-32-61(59)63)41-74-76(47)68-45-70-66(43-72(68)79(74,4)5)67-44-73-69(46-71(67)78(70,2)3)77-65(55-36-52(48-22-10-8-11-23-48)35-53(37-55)49-24-12-9-13-25-49)40-56(42-75(77)80(73,6)7)64-39-51-27-15-17-29-58(51)60-31-19-21-33-62(60)64/h8-38,40-46,64H,39H2,1-7H3. The summed E-state index contributed by atoms with van der Waals surface area (Å²) in [7, 11) is 0. The van der Waals surface area contributed by atoms with E-state index in [-0.39, 0.29) is 22.2 Å². The lowest BCUT2D eigenvalue weighted by molar-refractivity contribution is 0.648. The molecule has 16 rings (SSSR count). The van der Waals surface area contributed by atoms with Gasteiger partial charge >= 0.3 is 0 Å². The molecular weight excluding hydrogens is 961 g/mol. The fourth-order valence-corrected chi connectivity index (χ4v) is 15.5. The Morgan fingerprint density at radius 3 is 1.46 bits per heavy atom. The van der Waals surface area contributed by atoms with Gasteiger partial charge in [0.2, 0.25) is 0 Å². The van der Waals surface area contributed by atoms with Crippen molar-refractivity contribution >= 4 is 21.5 Å². The van der Waals surface area contributed by atoms with Crippen LogP contribution in [0, 0.1) is 6.92 Å². The van der Waals surface area contributed by atoms with E-state index < -0.39 is 0 Å². The second-order valence-corrected chi connectivity index (χ2v) is 25.2. The maximum Gasteiger partial charge on any atom is 0.0159 e. The smallest absolute Gasteiger partial charge is 0.0159 e. The van der Waals surface area contributed by atoms with Gasteiger partial charge in [-0.05, 0) is 240 Å². The molecular formula is C80H62. The summed E-state index contributed by atoms with van der Waals surface area (Å²) in [5.74, 6) is 0.201. The van der Waals surface area contributed by atoms with Gasteiger partial charge < -0.3 is 0 Å². The van der Waals surface area contributed by atoms with Gasteiger partial charge in [-0.3, -0.25) is 0 Å². The second kappa shape index (κ2) is 16.8. The molecule has 0 fully saturated rings. The van der Waals surface area contributed by atoms with Crippen LogP contribution in [-0.2, 0) is 22.7 Å². The van der Waals surface area contributed by atoms with E-state index in [2.05, 4.69) is 279 Å². The van der Waals surface area contributed by atoms with E-state index in [0.29, 0.717) is 0 Å². The van der Waals surface area contributed by atoms with Gasteiger partial charge in [0.15, 0.2) is 0 Å². The zero-order chi connectivity index (χ0) is 54.0. The van der Waals surface area contributed by atoms with Crippen LogP contribution < -0.4 is 0 Å². The molecule has 4 aliphatic carbocycles. The molecule has 0 nitrogen and oxygen atoms in total. The molecule has 0 radical (unpaired) electrons. The number of hydrogen-bond donors (Lipinski definition) is 0. The number of fused-ring (bicyclic) bond motifs is 15. The van der Waals surface area contributed by atoms with Crippen LogP contribution >= 0.6 is 0 Å². The van der Waals surface area contributed by atoms with Crippen LogP contribution in [0.1, 0.15) is 103 Å². The summed E-state index contributed by atoms with van der Waals surface area (Å²) in [6, 6.07) is 88.5. The predicted molar refractivity (Wildman–Crippen MR) is 338 cm³/mol. The minimum absolute atomic E-state index is 0.201. The van der Waals surface area contributed by atoms with Crippen LogP contribution in [0.3, 0.4) is 0 Å². The lowest BCUT2D eigenvalue weighted by Gasteiger charge is -2.30. The van der Waals surface area contributed by atoms with Crippen molar-refractivity contribution in [2.24, 2.45) is 0 Å². The van der Waals surface area contributed by atoms with Gasteiger partial charge in [0.25, 0.3) is 0 Å². The number of hydrogen-bond acceptors (Lipinski definition) is 0. The predicted octanol–water partition coefficient (Wildman–Crippen LogP) is 21.2. The number of aryl methyl sites for hydroxylation is 1. The van der Waals surface area contributed by atoms with Crippen molar-refractivity contribution in [1.29, 1.82) is 0 Å². The van der Waals surface area contributed by atoms with Crippen molar-refractivity contribution in [3.8, 4) is 89.0 Å². The van der Waals surface area contributed by atoms with E-state index in [1.54, 1.807) is 0 Å². The highest BCUT2D eigenvalue weighted by atomic mass is 14.5. The van der Waals surface area contributed by atoms with Crippen LogP contribution in [0.15, 0.2) is 231 Å². The monoisotopic (exact) mass is 1020 g/mol. The van der Waals surface area contributed by atoms with E-state index in [1.807, 2.05) is 0 Å². The first-order chi connectivity index (χ1) is 38.8. The second-order valence-electron chi connectivity index (χ2n) is 25.2. The van der Waals surface area contributed by atoms with Crippen molar-refractivity contribution < 1.29 is 0 Å². The topological polar surface area (TPSA) is 0 Å². The molecule has 0 heteroatoms. The van der Waals surface area contributed by atoms with Crippen LogP contribution in [0.5, 0.6) is 0 Å². The molecule has 12 aromatic rings. The van der Waals surface area contributed by atoms with Crippen molar-refractivity contribution in [2.75, 3.05) is 0 Å². The van der Waals surface area contributed by atoms with E-state index in [9.17, 15) is 0 Å². The normalized spacial score (nSPS) is 16.1. The summed E-state index contributed by atoms with van der Waals surface area (Å²) in [6.07, 6.45) is 0.961. The highest BCUT2D eigenvalue weighted by molar-refractivity contribution is 6.14. The van der Waals surface area contributed by atoms with Gasteiger partial charge in [0.05, 0.1) is 0 Å². The molecule has 12 aromatic carbocycles. The molecule has 1 atom stereocenters. The third kappa shape index (κ3) is 6.69. The van der Waals surface area contributed by atoms with E-state index in [4.69, 9.17) is 0 Å². The lowest BCUT2D eigenvalue weighted by atomic mass is 9.73. The maximum absolute atomic E-state index is 2.64. The Kier molecular flexibility index (Phi) is 9.93. The minimum atomic E-state index is -0.282. The van der Waals surface area contributed by atoms with E-state index >= 15 is 0 Å². The first-order valence-corrected chi connectivity index (χ1v) is 28.9. The lowest BCUT2D eigenvalue weighted by Crippen LogP contribution is -2.18. The van der Waals surface area contributed by atoms with Gasteiger partial charge in [-0.2, -0.15) is 0 Å². The Balaban J connectivity index is 0.884. The van der Waals surface area contributed by atoms with Crippen LogP contribution in [-0.4, -0.2) is 0 Å². The summed E-state index contributed by atoms with van der Waals surface area (Å²) >= 11 is 0. The third-order valence-corrected chi connectivity index (χ3v) is 19.7. The van der Waals surface area contributed by atoms with Gasteiger partial charge in [0, 0.05) is 22.2 Å². The number of rotatable bonds is 5. The SMILES string of the molecule is Cc1cc(-c2cc3ccccc3c3ccccc23)cc2c1-c1cc3c(cc1C2(C)C)-c1cc2c(cc1C3(C)C)-c1c(-c3cc(-c4ccccc4)cc(-c4ccccc4)c3)cc(C3Cc4ccccc4-c4ccccc43)cc1C2(C)C. The minimum Gasteiger partial charge on any atom is -0.0622 e. The van der Waals surface area contributed by atoms with Gasteiger partial charge in [-0.15, -0.1) is 0 Å². The van der Waals surface area contributed by atoms with E-state index in [1.165, 1.54) is 166 Å². The number of benzene rings is 12. The van der Waals surface area contributed by atoms with Crippen LogP contribution in [0.2, 0.25) is 0 Å². The molecule has 0 amide bonds. The summed E-state index contributed by atoms with van der Waals surface area (Å²) < 4.78 is 0. The maximum atomic E-state index is 2.64. The average molecular weight is 1020 g/mol. The van der Waals surface area contributed by atoms with Crippen molar-refractivity contribution in [2.45, 2.75) is 77.0 Å². The van der Waals surface area contributed by atoms with Gasteiger partial charge in [-0.1, -0.05) is 211 Å². The molecule has 4 aliphatic rings. The van der Waals surface area contributed by atoms with Crippen LogP contribution in [0.25, 0.3) is 111 Å². The summed E-state index contributed by atoms with van der Waals surface area (Å²) in [4.78, 5) is 0. The van der Waals surface area contributed by atoms with Crippen molar-refractivity contribution in [3.05, 3.63) is 286 Å². The summed E-state index contributed by atoms with van der Waals surface area (Å²) in [5.41, 5.74) is 34.5. The Labute approximate surface area is 471 Å².